The van der Waals surface area contributed by atoms with Gasteiger partial charge in [-0.1, -0.05) is 19.1 Å². The molecule has 0 radical (unpaired) electrons. The van der Waals surface area contributed by atoms with Crippen LogP contribution < -0.4 is 10.6 Å². The second-order valence-electron chi connectivity index (χ2n) is 8.24. The standard InChI is InChI=1S/C21H35N5O2/c1-5-22-21(23-9-11-25(6-2)14(3)4)24-10-12-26-19(27)17-15-7-8-16(13-15)18(17)20(26)28/h7-8,14-18H,5-6,9-13H2,1-4H3,(H2,22,23,24). The number of allylic oxidation sites excluding steroid dienone is 2. The molecule has 1 heterocycles. The summed E-state index contributed by atoms with van der Waals surface area (Å²) >= 11 is 0. The lowest BCUT2D eigenvalue weighted by Gasteiger charge is -2.24. The first-order valence-corrected chi connectivity index (χ1v) is 10.8. The summed E-state index contributed by atoms with van der Waals surface area (Å²) in [5.74, 6) is 1.10. The summed E-state index contributed by atoms with van der Waals surface area (Å²) in [5.41, 5.74) is 0. The van der Waals surface area contributed by atoms with Crippen LogP contribution in [0.5, 0.6) is 0 Å². The number of aliphatic imine (C=N–C) groups is 1. The van der Waals surface area contributed by atoms with Crippen molar-refractivity contribution in [3.8, 4) is 0 Å². The van der Waals surface area contributed by atoms with Crippen LogP contribution in [-0.4, -0.2) is 72.9 Å². The Labute approximate surface area is 168 Å². The van der Waals surface area contributed by atoms with Crippen molar-refractivity contribution in [2.75, 3.05) is 39.3 Å². The molecular weight excluding hydrogens is 354 g/mol. The van der Waals surface area contributed by atoms with Gasteiger partial charge in [-0.15, -0.1) is 0 Å². The average Bonchev–Trinajstić information content (AvgIpc) is 3.34. The highest BCUT2D eigenvalue weighted by Gasteiger charge is 2.58. The number of likely N-dealkylation sites (N-methyl/N-ethyl adjacent to an activating group) is 1. The molecule has 3 rings (SSSR count). The van der Waals surface area contributed by atoms with E-state index in [9.17, 15) is 9.59 Å². The van der Waals surface area contributed by atoms with Crippen LogP contribution in [0.2, 0.25) is 0 Å². The summed E-state index contributed by atoms with van der Waals surface area (Å²) in [5, 5.41) is 6.51. The Balaban J connectivity index is 1.49. The van der Waals surface area contributed by atoms with E-state index in [4.69, 9.17) is 0 Å². The van der Waals surface area contributed by atoms with Gasteiger partial charge in [0, 0.05) is 32.2 Å². The molecule has 2 N–H and O–H groups in total. The van der Waals surface area contributed by atoms with Gasteiger partial charge in [0.05, 0.1) is 18.4 Å². The van der Waals surface area contributed by atoms with E-state index < -0.39 is 0 Å². The molecule has 2 amide bonds. The van der Waals surface area contributed by atoms with Crippen molar-refractivity contribution in [2.45, 2.75) is 40.2 Å². The molecule has 1 saturated heterocycles. The number of nitrogens with zero attached hydrogens (tertiary/aromatic N) is 3. The van der Waals surface area contributed by atoms with Crippen LogP contribution in [-0.2, 0) is 9.59 Å². The Morgan fingerprint density at radius 3 is 2.36 bits per heavy atom. The second kappa shape index (κ2) is 9.07. The molecule has 28 heavy (non-hydrogen) atoms. The summed E-state index contributed by atoms with van der Waals surface area (Å²) in [4.78, 5) is 33.9. The minimum absolute atomic E-state index is 0.0195. The Hall–Kier alpha value is -1.89. The largest absolute Gasteiger partial charge is 0.357 e. The molecule has 3 aliphatic rings. The maximum absolute atomic E-state index is 12.7. The number of carbonyl (C=O) groups excluding carboxylic acids is 2. The quantitative estimate of drug-likeness (QED) is 0.267. The van der Waals surface area contributed by atoms with Crippen molar-refractivity contribution in [3.05, 3.63) is 12.2 Å². The first kappa shape index (κ1) is 20.8. The highest BCUT2D eigenvalue weighted by Crippen LogP contribution is 2.52. The number of amides is 2. The van der Waals surface area contributed by atoms with Gasteiger partial charge in [0.2, 0.25) is 11.8 Å². The second-order valence-corrected chi connectivity index (χ2v) is 8.24. The van der Waals surface area contributed by atoms with Crippen LogP contribution in [0.25, 0.3) is 0 Å². The molecule has 2 aliphatic carbocycles. The van der Waals surface area contributed by atoms with Crippen molar-refractivity contribution in [1.29, 1.82) is 0 Å². The van der Waals surface area contributed by atoms with Crippen molar-refractivity contribution in [2.24, 2.45) is 28.7 Å². The normalized spacial score (nSPS) is 28.8. The van der Waals surface area contributed by atoms with Crippen molar-refractivity contribution < 1.29 is 9.59 Å². The lowest BCUT2D eigenvalue weighted by atomic mass is 9.85. The fourth-order valence-corrected chi connectivity index (χ4v) is 4.88. The van der Waals surface area contributed by atoms with Crippen LogP contribution in [0.4, 0.5) is 0 Å². The molecule has 2 fully saturated rings. The Morgan fingerprint density at radius 2 is 1.82 bits per heavy atom. The fraction of sp³-hybridized carbons (Fsp3) is 0.762. The van der Waals surface area contributed by atoms with Gasteiger partial charge in [-0.3, -0.25) is 24.4 Å². The maximum Gasteiger partial charge on any atom is 0.233 e. The van der Waals surface area contributed by atoms with E-state index in [-0.39, 0.29) is 35.5 Å². The Kier molecular flexibility index (Phi) is 6.75. The number of hydrogen-bond acceptors (Lipinski definition) is 4. The number of guanidine groups is 1. The van der Waals surface area contributed by atoms with Crippen molar-refractivity contribution in [3.63, 3.8) is 0 Å². The zero-order chi connectivity index (χ0) is 20.3. The van der Waals surface area contributed by atoms with Crippen LogP contribution in [0.1, 0.15) is 34.1 Å². The topological polar surface area (TPSA) is 77.0 Å². The van der Waals surface area contributed by atoms with Crippen LogP contribution >= 0.6 is 0 Å². The number of hydrogen-bond donors (Lipinski definition) is 2. The van der Waals surface area contributed by atoms with Crippen LogP contribution in [0.15, 0.2) is 17.1 Å². The van der Waals surface area contributed by atoms with Crippen molar-refractivity contribution in [1.82, 2.24) is 20.4 Å². The fourth-order valence-electron chi connectivity index (χ4n) is 4.88. The van der Waals surface area contributed by atoms with Gasteiger partial charge in [-0.2, -0.15) is 0 Å². The summed E-state index contributed by atoms with van der Waals surface area (Å²) in [6.07, 6.45) is 5.23. The van der Waals surface area contributed by atoms with Gasteiger partial charge in [0.25, 0.3) is 0 Å². The summed E-state index contributed by atoms with van der Waals surface area (Å²) < 4.78 is 0. The Morgan fingerprint density at radius 1 is 1.18 bits per heavy atom. The third kappa shape index (κ3) is 4.09. The molecule has 0 aromatic carbocycles. The van der Waals surface area contributed by atoms with E-state index in [1.165, 1.54) is 4.90 Å². The summed E-state index contributed by atoms with van der Waals surface area (Å²) in [7, 11) is 0. The van der Waals surface area contributed by atoms with Crippen LogP contribution in [0.3, 0.4) is 0 Å². The molecule has 0 spiro atoms. The van der Waals surface area contributed by atoms with Gasteiger partial charge < -0.3 is 10.6 Å². The first-order chi connectivity index (χ1) is 13.5. The molecule has 0 aromatic heterocycles. The molecular formula is C21H35N5O2. The minimum atomic E-state index is -0.111. The molecule has 4 unspecified atom stereocenters. The molecule has 7 heteroatoms. The molecule has 1 aliphatic heterocycles. The number of imide groups is 1. The molecule has 4 atom stereocenters. The van der Waals surface area contributed by atoms with Crippen molar-refractivity contribution >= 4 is 17.8 Å². The van der Waals surface area contributed by atoms with Gasteiger partial charge in [0.15, 0.2) is 5.96 Å². The first-order valence-electron chi connectivity index (χ1n) is 10.8. The minimum Gasteiger partial charge on any atom is -0.357 e. The summed E-state index contributed by atoms with van der Waals surface area (Å²) in [6.45, 7) is 12.9. The SMILES string of the molecule is CCNC(=NCCN(CC)C(C)C)NCCN1C(=O)C2C3C=CC(C3)C2C1=O. The predicted octanol–water partition coefficient (Wildman–Crippen LogP) is 1.08. The Bertz CT molecular complexity index is 615. The number of nitrogens with one attached hydrogen (secondary N) is 2. The maximum atomic E-state index is 12.7. The average molecular weight is 390 g/mol. The predicted molar refractivity (Wildman–Crippen MR) is 111 cm³/mol. The summed E-state index contributed by atoms with van der Waals surface area (Å²) in [6, 6.07) is 0.507. The molecule has 0 aromatic rings. The van der Waals surface area contributed by atoms with Gasteiger partial charge in [-0.25, -0.2) is 0 Å². The number of rotatable bonds is 9. The van der Waals surface area contributed by atoms with Crippen LogP contribution in [0, 0.1) is 23.7 Å². The number of likely N-dealkylation sites (tertiary alicyclic amines) is 1. The molecule has 156 valence electrons. The van der Waals surface area contributed by atoms with E-state index in [1.807, 2.05) is 6.92 Å². The van der Waals surface area contributed by atoms with Gasteiger partial charge in [-0.05, 0) is 45.6 Å². The third-order valence-electron chi connectivity index (χ3n) is 6.33. The van der Waals surface area contributed by atoms with E-state index in [1.54, 1.807) is 0 Å². The van der Waals surface area contributed by atoms with E-state index in [2.05, 4.69) is 53.4 Å². The zero-order valence-electron chi connectivity index (χ0n) is 17.6. The monoisotopic (exact) mass is 389 g/mol. The highest BCUT2D eigenvalue weighted by molar-refractivity contribution is 6.06. The third-order valence-corrected chi connectivity index (χ3v) is 6.33. The number of fused-ring (bicyclic) bond motifs is 5. The smallest absolute Gasteiger partial charge is 0.233 e. The van der Waals surface area contributed by atoms with E-state index in [0.29, 0.717) is 25.7 Å². The van der Waals surface area contributed by atoms with E-state index in [0.717, 1.165) is 32.0 Å². The molecule has 7 nitrogen and oxygen atoms in total. The van der Waals surface area contributed by atoms with E-state index >= 15 is 0 Å². The lowest BCUT2D eigenvalue weighted by molar-refractivity contribution is -0.140. The molecule has 2 bridgehead atoms. The lowest BCUT2D eigenvalue weighted by Crippen LogP contribution is -2.44. The van der Waals surface area contributed by atoms with Gasteiger partial charge in [0.1, 0.15) is 0 Å². The van der Waals surface area contributed by atoms with Gasteiger partial charge >= 0.3 is 0 Å². The highest BCUT2D eigenvalue weighted by atomic mass is 16.2. The zero-order valence-corrected chi connectivity index (χ0v) is 17.6. The number of carbonyl (C=O) groups is 2. The molecule has 1 saturated carbocycles.